The highest BCUT2D eigenvalue weighted by molar-refractivity contribution is 9.10. The van der Waals surface area contributed by atoms with Gasteiger partial charge in [0.1, 0.15) is 17.5 Å². The molecule has 0 radical (unpaired) electrons. The molecule has 1 heterocycles. The normalized spacial score (nSPS) is 11.1. The smallest absolute Gasteiger partial charge is 0.213 e. The van der Waals surface area contributed by atoms with Crippen LogP contribution in [0.3, 0.4) is 0 Å². The Labute approximate surface area is 121 Å². The zero-order chi connectivity index (χ0) is 13.8. The van der Waals surface area contributed by atoms with Crippen LogP contribution in [-0.2, 0) is 0 Å². The second-order valence-electron chi connectivity index (χ2n) is 3.64. The molecule has 19 heavy (non-hydrogen) atoms. The molecule has 2 aromatic rings. The molecule has 0 unspecified atom stereocenters. The minimum atomic E-state index is -0.477. The quantitative estimate of drug-likeness (QED) is 0.472. The zero-order valence-electron chi connectivity index (χ0n) is 9.56. The number of nitriles is 1. The Morgan fingerprint density at radius 1 is 1.42 bits per heavy atom. The highest BCUT2D eigenvalue weighted by Crippen LogP contribution is 2.20. The van der Waals surface area contributed by atoms with Crippen LogP contribution in [0.4, 0.5) is 4.39 Å². The molecule has 0 spiro atoms. The fourth-order valence-corrected chi connectivity index (χ4v) is 2.53. The Morgan fingerprint density at radius 2 is 2.21 bits per heavy atom. The third-order valence-corrected chi connectivity index (χ3v) is 3.73. The van der Waals surface area contributed by atoms with Gasteiger partial charge in [-0.1, -0.05) is 22.0 Å². The summed E-state index contributed by atoms with van der Waals surface area (Å²) in [6.07, 6.45) is 1.27. The van der Waals surface area contributed by atoms with Crippen LogP contribution in [0.1, 0.15) is 15.2 Å². The van der Waals surface area contributed by atoms with E-state index in [-0.39, 0.29) is 11.1 Å². The third kappa shape index (κ3) is 3.16. The number of Topliss-reactive ketones (excluding diaryl/α,β-unsaturated/α-hetero) is 1. The van der Waals surface area contributed by atoms with Gasteiger partial charge < -0.3 is 0 Å². The molecule has 0 N–H and O–H groups in total. The summed E-state index contributed by atoms with van der Waals surface area (Å²) in [5.74, 6) is -0.869. The predicted molar refractivity (Wildman–Crippen MR) is 76.3 cm³/mol. The topological polar surface area (TPSA) is 40.9 Å². The van der Waals surface area contributed by atoms with Gasteiger partial charge in [-0.25, -0.2) is 4.39 Å². The van der Waals surface area contributed by atoms with E-state index < -0.39 is 11.6 Å². The average Bonchev–Trinajstić information content (AvgIpc) is 2.93. The van der Waals surface area contributed by atoms with Crippen molar-refractivity contribution >= 4 is 39.1 Å². The van der Waals surface area contributed by atoms with Crippen molar-refractivity contribution in [2.24, 2.45) is 0 Å². The molecular formula is C14H7BrFNOS. The minimum Gasteiger partial charge on any atom is -0.287 e. The number of thiophene rings is 1. The molecule has 94 valence electrons. The van der Waals surface area contributed by atoms with Crippen LogP contribution in [0.25, 0.3) is 6.08 Å². The average molecular weight is 336 g/mol. The molecular weight excluding hydrogens is 329 g/mol. The Balaban J connectivity index is 2.42. The molecule has 0 saturated carbocycles. The monoisotopic (exact) mass is 335 g/mol. The molecule has 0 saturated heterocycles. The molecule has 1 aromatic carbocycles. The zero-order valence-corrected chi connectivity index (χ0v) is 12.0. The SMILES string of the molecule is N#C/C(=C\c1cc(Br)ccc1F)C(=O)c1cccs1. The number of benzene rings is 1. The van der Waals surface area contributed by atoms with Crippen molar-refractivity contribution in [2.45, 2.75) is 0 Å². The van der Waals surface area contributed by atoms with Gasteiger partial charge in [0.2, 0.25) is 5.78 Å². The van der Waals surface area contributed by atoms with Crippen LogP contribution >= 0.6 is 27.3 Å². The lowest BCUT2D eigenvalue weighted by Crippen LogP contribution is -1.99. The molecule has 0 fully saturated rings. The highest BCUT2D eigenvalue weighted by Gasteiger charge is 2.14. The van der Waals surface area contributed by atoms with Crippen molar-refractivity contribution in [2.75, 3.05) is 0 Å². The van der Waals surface area contributed by atoms with E-state index >= 15 is 0 Å². The summed E-state index contributed by atoms with van der Waals surface area (Å²) in [5.41, 5.74) is 0.121. The summed E-state index contributed by atoms with van der Waals surface area (Å²) in [7, 11) is 0. The van der Waals surface area contributed by atoms with Crippen LogP contribution < -0.4 is 0 Å². The lowest BCUT2D eigenvalue weighted by atomic mass is 10.1. The van der Waals surface area contributed by atoms with Gasteiger partial charge in [0.15, 0.2) is 0 Å². The van der Waals surface area contributed by atoms with Gasteiger partial charge in [-0.15, -0.1) is 11.3 Å². The van der Waals surface area contributed by atoms with Crippen molar-refractivity contribution in [1.29, 1.82) is 5.26 Å². The van der Waals surface area contributed by atoms with E-state index in [1.165, 1.54) is 29.5 Å². The van der Waals surface area contributed by atoms with E-state index in [0.717, 1.165) is 0 Å². The van der Waals surface area contributed by atoms with Crippen molar-refractivity contribution in [1.82, 2.24) is 0 Å². The van der Waals surface area contributed by atoms with Crippen LogP contribution in [0.15, 0.2) is 45.8 Å². The van der Waals surface area contributed by atoms with E-state index in [2.05, 4.69) is 15.9 Å². The van der Waals surface area contributed by atoms with Crippen LogP contribution in [0.5, 0.6) is 0 Å². The minimum absolute atomic E-state index is 0.0838. The van der Waals surface area contributed by atoms with E-state index in [1.54, 1.807) is 23.6 Å². The Morgan fingerprint density at radius 3 is 2.84 bits per heavy atom. The summed E-state index contributed by atoms with van der Waals surface area (Å²) < 4.78 is 14.3. The molecule has 0 atom stereocenters. The summed E-state index contributed by atoms with van der Waals surface area (Å²) in [6, 6.07) is 9.54. The van der Waals surface area contributed by atoms with Gasteiger partial charge in [0, 0.05) is 10.0 Å². The van der Waals surface area contributed by atoms with E-state index in [1.807, 2.05) is 6.07 Å². The first-order chi connectivity index (χ1) is 9.11. The molecule has 0 amide bonds. The molecule has 2 nitrogen and oxygen atoms in total. The maximum Gasteiger partial charge on any atom is 0.213 e. The van der Waals surface area contributed by atoms with Crippen molar-refractivity contribution in [3.05, 3.63) is 62.0 Å². The van der Waals surface area contributed by atoms with Crippen LogP contribution in [0.2, 0.25) is 0 Å². The number of halogens is 2. The number of carbonyl (C=O) groups is 1. The lowest BCUT2D eigenvalue weighted by Gasteiger charge is -2.00. The lowest BCUT2D eigenvalue weighted by molar-refractivity contribution is 0.104. The number of ketones is 1. The molecule has 5 heteroatoms. The fraction of sp³-hybridized carbons (Fsp3) is 0. The number of rotatable bonds is 3. The third-order valence-electron chi connectivity index (χ3n) is 2.37. The molecule has 0 bridgehead atoms. The van der Waals surface area contributed by atoms with E-state index in [4.69, 9.17) is 5.26 Å². The maximum atomic E-state index is 13.6. The van der Waals surface area contributed by atoms with E-state index in [9.17, 15) is 9.18 Å². The Bertz CT molecular complexity index is 686. The highest BCUT2D eigenvalue weighted by atomic mass is 79.9. The van der Waals surface area contributed by atoms with Crippen molar-refractivity contribution < 1.29 is 9.18 Å². The second kappa shape index (κ2) is 5.91. The second-order valence-corrected chi connectivity index (χ2v) is 5.51. The summed E-state index contributed by atoms with van der Waals surface area (Å²) in [5, 5.41) is 10.8. The number of hydrogen-bond donors (Lipinski definition) is 0. The molecule has 0 aliphatic heterocycles. The van der Waals surface area contributed by atoms with Crippen molar-refractivity contribution in [3.63, 3.8) is 0 Å². The first kappa shape index (κ1) is 13.7. The predicted octanol–water partition coefficient (Wildman–Crippen LogP) is 4.44. The standard InChI is InChI=1S/C14H7BrFNOS/c15-11-3-4-12(16)9(7-11)6-10(8-17)14(18)13-2-1-5-19-13/h1-7H/b10-6+. The number of nitrogens with zero attached hydrogens (tertiary/aromatic N) is 1. The maximum absolute atomic E-state index is 13.6. The first-order valence-corrected chi connectivity index (χ1v) is 6.94. The Hall–Kier alpha value is -1.77. The van der Waals surface area contributed by atoms with Gasteiger partial charge in [0.25, 0.3) is 0 Å². The molecule has 0 aliphatic rings. The van der Waals surface area contributed by atoms with Crippen molar-refractivity contribution in [3.8, 4) is 6.07 Å². The number of allylic oxidation sites excluding steroid dienone is 1. The first-order valence-electron chi connectivity index (χ1n) is 5.27. The van der Waals surface area contributed by atoms with Crippen LogP contribution in [-0.4, -0.2) is 5.78 Å². The van der Waals surface area contributed by atoms with Gasteiger partial charge >= 0.3 is 0 Å². The molecule has 0 aliphatic carbocycles. The molecule has 2 rings (SSSR count). The number of hydrogen-bond acceptors (Lipinski definition) is 3. The number of carbonyl (C=O) groups excluding carboxylic acids is 1. The fourth-order valence-electron chi connectivity index (χ4n) is 1.47. The van der Waals surface area contributed by atoms with Gasteiger partial charge in [-0.2, -0.15) is 5.26 Å². The summed E-state index contributed by atoms with van der Waals surface area (Å²) in [6.45, 7) is 0. The Kier molecular flexibility index (Phi) is 4.25. The molecule has 1 aromatic heterocycles. The van der Waals surface area contributed by atoms with Gasteiger partial charge in [0.05, 0.1) is 4.88 Å². The van der Waals surface area contributed by atoms with Gasteiger partial charge in [-0.05, 0) is 35.7 Å². The van der Waals surface area contributed by atoms with E-state index in [0.29, 0.717) is 9.35 Å². The largest absolute Gasteiger partial charge is 0.287 e. The summed E-state index contributed by atoms with van der Waals surface area (Å²) >= 11 is 4.47. The summed E-state index contributed by atoms with van der Waals surface area (Å²) in [4.78, 5) is 12.5. The van der Waals surface area contributed by atoms with Crippen LogP contribution in [0, 0.1) is 17.1 Å². The van der Waals surface area contributed by atoms with Gasteiger partial charge in [-0.3, -0.25) is 4.79 Å².